The Balaban J connectivity index is 1.69. The third-order valence-electron chi connectivity index (χ3n) is 5.65. The monoisotopic (exact) mass is 446 g/mol. The molecule has 0 unspecified atom stereocenters. The fourth-order valence-electron chi connectivity index (χ4n) is 3.99. The molecular weight excluding hydrogens is 415 g/mol. The Morgan fingerprint density at radius 1 is 1.26 bits per heavy atom. The molecule has 0 spiro atoms. The van der Waals surface area contributed by atoms with E-state index in [0.717, 1.165) is 63.0 Å². The van der Waals surface area contributed by atoms with Crippen molar-refractivity contribution in [1.82, 2.24) is 14.5 Å². The summed E-state index contributed by atoms with van der Waals surface area (Å²) in [4.78, 5) is 31.8. The minimum absolute atomic E-state index is 0.126. The number of hydrogen-bond acceptors (Lipinski definition) is 5. The Bertz CT molecular complexity index is 959. The van der Waals surface area contributed by atoms with Crippen molar-refractivity contribution in [2.45, 2.75) is 57.5 Å². The molecule has 2 aromatic rings. The van der Waals surface area contributed by atoms with Crippen LogP contribution in [0.4, 0.5) is 10.1 Å². The number of halogens is 1. The molecule has 1 aromatic carbocycles. The zero-order valence-electron chi connectivity index (χ0n) is 18.3. The molecule has 31 heavy (non-hydrogen) atoms. The van der Waals surface area contributed by atoms with E-state index in [1.807, 2.05) is 4.57 Å². The molecule has 1 aliphatic carbocycles. The third kappa shape index (κ3) is 6.40. The molecule has 0 aliphatic heterocycles. The van der Waals surface area contributed by atoms with Crippen LogP contribution >= 0.6 is 11.8 Å². The maximum absolute atomic E-state index is 13.3. The van der Waals surface area contributed by atoms with E-state index in [4.69, 9.17) is 0 Å². The van der Waals surface area contributed by atoms with Crippen molar-refractivity contribution in [3.05, 3.63) is 51.8 Å². The highest BCUT2D eigenvalue weighted by Crippen LogP contribution is 2.28. The van der Waals surface area contributed by atoms with Gasteiger partial charge in [0.25, 0.3) is 0 Å². The smallest absolute Gasteiger partial charge is 0.325 e. The van der Waals surface area contributed by atoms with Gasteiger partial charge in [-0.25, -0.2) is 9.18 Å². The van der Waals surface area contributed by atoms with Gasteiger partial charge in [-0.3, -0.25) is 9.36 Å². The van der Waals surface area contributed by atoms with Gasteiger partial charge in [-0.05, 0) is 69.9 Å². The lowest BCUT2D eigenvalue weighted by molar-refractivity contribution is -0.113. The minimum atomic E-state index is -0.397. The van der Waals surface area contributed by atoms with Crippen molar-refractivity contribution >= 4 is 23.4 Å². The fourth-order valence-corrected chi connectivity index (χ4v) is 4.86. The highest BCUT2D eigenvalue weighted by atomic mass is 32.2. The van der Waals surface area contributed by atoms with Gasteiger partial charge in [0.2, 0.25) is 5.91 Å². The van der Waals surface area contributed by atoms with Crippen molar-refractivity contribution in [2.75, 3.05) is 30.7 Å². The molecule has 168 valence electrons. The van der Waals surface area contributed by atoms with Crippen molar-refractivity contribution in [3.8, 4) is 0 Å². The zero-order valence-corrected chi connectivity index (χ0v) is 19.1. The van der Waals surface area contributed by atoms with Crippen LogP contribution in [0.15, 0.2) is 34.1 Å². The van der Waals surface area contributed by atoms with Crippen LogP contribution in [0.5, 0.6) is 0 Å². The summed E-state index contributed by atoms with van der Waals surface area (Å²) in [5.41, 5.74) is 2.38. The molecule has 0 fully saturated rings. The number of benzene rings is 1. The van der Waals surface area contributed by atoms with Crippen LogP contribution < -0.4 is 11.0 Å². The molecule has 0 saturated carbocycles. The van der Waals surface area contributed by atoms with Gasteiger partial charge in [-0.2, -0.15) is 4.98 Å². The average Bonchev–Trinajstić information content (AvgIpc) is 2.76. The van der Waals surface area contributed by atoms with E-state index in [0.29, 0.717) is 17.3 Å². The van der Waals surface area contributed by atoms with Crippen LogP contribution in [0.2, 0.25) is 0 Å². The number of nitrogens with zero attached hydrogens (tertiary/aromatic N) is 3. The number of aromatic nitrogens is 2. The topological polar surface area (TPSA) is 67.2 Å². The summed E-state index contributed by atoms with van der Waals surface area (Å²) in [5.74, 6) is -0.516. The lowest BCUT2D eigenvalue weighted by Gasteiger charge is -2.23. The molecule has 1 aliphatic rings. The van der Waals surface area contributed by atoms with E-state index in [2.05, 4.69) is 29.0 Å². The molecule has 0 atom stereocenters. The summed E-state index contributed by atoms with van der Waals surface area (Å²) < 4.78 is 15.1. The second-order valence-electron chi connectivity index (χ2n) is 7.71. The normalized spacial score (nSPS) is 13.3. The second-order valence-corrected chi connectivity index (χ2v) is 8.68. The van der Waals surface area contributed by atoms with Crippen molar-refractivity contribution in [2.24, 2.45) is 0 Å². The van der Waals surface area contributed by atoms with E-state index in [9.17, 15) is 14.0 Å². The first kappa shape index (κ1) is 23.5. The maximum atomic E-state index is 13.3. The molecule has 1 N–H and O–H groups in total. The van der Waals surface area contributed by atoms with Crippen LogP contribution in [-0.2, 0) is 24.2 Å². The summed E-state index contributed by atoms with van der Waals surface area (Å²) in [6, 6.07) is 5.81. The predicted octanol–water partition coefficient (Wildman–Crippen LogP) is 3.72. The predicted molar refractivity (Wildman–Crippen MR) is 123 cm³/mol. The Morgan fingerprint density at radius 2 is 2.03 bits per heavy atom. The van der Waals surface area contributed by atoms with Gasteiger partial charge in [0, 0.05) is 23.5 Å². The molecule has 1 amide bonds. The summed E-state index contributed by atoms with van der Waals surface area (Å²) >= 11 is 1.29. The lowest BCUT2D eigenvalue weighted by atomic mass is 9.97. The summed E-state index contributed by atoms with van der Waals surface area (Å²) in [5, 5.41) is 3.35. The molecule has 1 aromatic heterocycles. The lowest BCUT2D eigenvalue weighted by Crippen LogP contribution is -2.32. The van der Waals surface area contributed by atoms with Crippen LogP contribution in [0, 0.1) is 5.82 Å². The molecule has 3 rings (SSSR count). The number of thioether (sulfide) groups is 1. The fraction of sp³-hybridized carbons (Fsp3) is 0.522. The van der Waals surface area contributed by atoms with E-state index < -0.39 is 5.82 Å². The van der Waals surface area contributed by atoms with Crippen LogP contribution in [0.25, 0.3) is 0 Å². The number of rotatable bonds is 10. The van der Waals surface area contributed by atoms with Crippen LogP contribution in [-0.4, -0.2) is 45.7 Å². The van der Waals surface area contributed by atoms with Gasteiger partial charge < -0.3 is 10.2 Å². The van der Waals surface area contributed by atoms with Crippen molar-refractivity contribution in [3.63, 3.8) is 0 Å². The van der Waals surface area contributed by atoms with E-state index in [1.165, 1.54) is 23.9 Å². The first-order valence-corrected chi connectivity index (χ1v) is 12.0. The van der Waals surface area contributed by atoms with Crippen LogP contribution in [0.1, 0.15) is 44.4 Å². The molecule has 6 nitrogen and oxygen atoms in total. The van der Waals surface area contributed by atoms with Gasteiger partial charge in [0.05, 0.1) is 5.75 Å². The van der Waals surface area contributed by atoms with Gasteiger partial charge in [-0.15, -0.1) is 0 Å². The number of anilines is 1. The minimum Gasteiger partial charge on any atom is -0.325 e. The van der Waals surface area contributed by atoms with Gasteiger partial charge in [-0.1, -0.05) is 31.7 Å². The quantitative estimate of drug-likeness (QED) is 0.445. The van der Waals surface area contributed by atoms with Gasteiger partial charge in [0.15, 0.2) is 0 Å². The number of fused-ring (bicyclic) bond motifs is 1. The van der Waals surface area contributed by atoms with Crippen molar-refractivity contribution in [1.29, 1.82) is 0 Å². The molecule has 8 heteroatoms. The van der Waals surface area contributed by atoms with E-state index in [1.54, 1.807) is 12.1 Å². The van der Waals surface area contributed by atoms with E-state index >= 15 is 0 Å². The standard InChI is InChI=1S/C23H31FN4O2S/c1-3-27(4-2)13-8-14-28-20-12-6-5-11-19(20)22(26-23(28)30)31-16-21(29)25-18-10-7-9-17(24)15-18/h7,9-10,15H,3-6,8,11-14,16H2,1-2H3,(H,25,29). The Hall–Kier alpha value is -2.19. The SMILES string of the molecule is CCN(CC)CCCn1c2c(c(SCC(=O)Nc3cccc(F)c3)nc1=O)CCCC2. The summed E-state index contributed by atoms with van der Waals surface area (Å²) in [7, 11) is 0. The highest BCUT2D eigenvalue weighted by Gasteiger charge is 2.21. The molecule has 0 radical (unpaired) electrons. The van der Waals surface area contributed by atoms with Crippen LogP contribution in [0.3, 0.4) is 0 Å². The summed E-state index contributed by atoms with van der Waals surface area (Å²) in [6.45, 7) is 7.95. The number of carbonyl (C=O) groups is 1. The van der Waals surface area contributed by atoms with Crippen molar-refractivity contribution < 1.29 is 9.18 Å². The molecular formula is C23H31FN4O2S. The Morgan fingerprint density at radius 3 is 2.77 bits per heavy atom. The zero-order chi connectivity index (χ0) is 22.2. The third-order valence-corrected chi connectivity index (χ3v) is 6.67. The van der Waals surface area contributed by atoms with E-state index in [-0.39, 0.29) is 17.3 Å². The Kier molecular flexibility index (Phi) is 8.66. The number of carbonyl (C=O) groups excluding carboxylic acids is 1. The van der Waals surface area contributed by atoms with Gasteiger partial charge in [0.1, 0.15) is 10.8 Å². The Labute approximate surface area is 187 Å². The molecule has 0 bridgehead atoms. The molecule has 1 heterocycles. The number of amides is 1. The second kappa shape index (κ2) is 11.4. The highest BCUT2D eigenvalue weighted by molar-refractivity contribution is 8.00. The first-order chi connectivity index (χ1) is 15.0. The first-order valence-electron chi connectivity index (χ1n) is 11.0. The van der Waals surface area contributed by atoms with Gasteiger partial charge >= 0.3 is 5.69 Å². The number of hydrogen-bond donors (Lipinski definition) is 1. The summed E-state index contributed by atoms with van der Waals surface area (Å²) in [6.07, 6.45) is 4.80. The average molecular weight is 447 g/mol. The maximum Gasteiger partial charge on any atom is 0.348 e. The molecule has 0 saturated heterocycles. The largest absolute Gasteiger partial charge is 0.348 e. The number of nitrogens with one attached hydrogen (secondary N) is 1.